The monoisotopic (exact) mass is 296 g/mol. The first-order chi connectivity index (χ1) is 10.0. The van der Waals surface area contributed by atoms with Gasteiger partial charge in [-0.05, 0) is 13.3 Å². The Bertz CT molecular complexity index is 502. The van der Waals surface area contributed by atoms with Crippen LogP contribution < -0.4 is 0 Å². The van der Waals surface area contributed by atoms with Crippen LogP contribution in [0.15, 0.2) is 4.52 Å². The lowest BCUT2D eigenvalue weighted by Crippen LogP contribution is -2.36. The quantitative estimate of drug-likeness (QED) is 0.811. The van der Waals surface area contributed by atoms with Gasteiger partial charge in [-0.25, -0.2) is 0 Å². The maximum Gasteiger partial charge on any atom is 0.317 e. The second-order valence-electron chi connectivity index (χ2n) is 5.14. The van der Waals surface area contributed by atoms with Crippen LogP contribution in [0.1, 0.15) is 24.6 Å². The molecule has 21 heavy (non-hydrogen) atoms. The van der Waals surface area contributed by atoms with Gasteiger partial charge >= 0.3 is 5.97 Å². The number of carbonyl (C=O) groups excluding carboxylic acids is 1. The topological polar surface area (TPSA) is 99.8 Å². The summed E-state index contributed by atoms with van der Waals surface area (Å²) in [5.41, 5.74) is 0. The molecule has 0 spiro atoms. The van der Waals surface area contributed by atoms with E-state index in [-0.39, 0.29) is 12.5 Å². The van der Waals surface area contributed by atoms with Crippen LogP contribution in [0.2, 0.25) is 0 Å². The number of carbonyl (C=O) groups is 2. The molecule has 1 aliphatic heterocycles. The van der Waals surface area contributed by atoms with Crippen molar-refractivity contribution in [1.29, 1.82) is 0 Å². The molecular weight excluding hydrogens is 276 g/mol. The van der Waals surface area contributed by atoms with Crippen molar-refractivity contribution in [2.45, 2.75) is 26.2 Å². The molecule has 116 valence electrons. The van der Waals surface area contributed by atoms with E-state index in [1.807, 2.05) is 4.90 Å². The summed E-state index contributed by atoms with van der Waals surface area (Å²) in [6.07, 6.45) is 1.56. The summed E-state index contributed by atoms with van der Waals surface area (Å²) in [5, 5.41) is 12.5. The van der Waals surface area contributed by atoms with Gasteiger partial charge in [-0.3, -0.25) is 14.5 Å². The minimum atomic E-state index is -0.832. The fraction of sp³-hybridized carbons (Fsp3) is 0.692. The van der Waals surface area contributed by atoms with Crippen molar-refractivity contribution in [3.8, 4) is 0 Å². The Morgan fingerprint density at radius 1 is 1.29 bits per heavy atom. The fourth-order valence-corrected chi connectivity index (χ4v) is 2.38. The number of aryl methyl sites for hydroxylation is 2. The smallest absolute Gasteiger partial charge is 0.317 e. The zero-order chi connectivity index (χ0) is 15.2. The Kier molecular flexibility index (Phi) is 5.26. The molecule has 1 aromatic rings. The molecule has 0 aromatic carbocycles. The van der Waals surface area contributed by atoms with Crippen LogP contribution >= 0.6 is 0 Å². The number of aliphatic carboxylic acids is 1. The second-order valence-corrected chi connectivity index (χ2v) is 5.14. The second kappa shape index (κ2) is 7.16. The molecule has 1 aromatic heterocycles. The Morgan fingerprint density at radius 2 is 2.10 bits per heavy atom. The van der Waals surface area contributed by atoms with Crippen LogP contribution in [0.25, 0.3) is 0 Å². The SMILES string of the molecule is Cc1noc(CCC(=O)N2CCCN(CC(=O)O)CC2)n1. The summed E-state index contributed by atoms with van der Waals surface area (Å²) in [4.78, 5) is 30.6. The van der Waals surface area contributed by atoms with Gasteiger partial charge in [0, 0.05) is 39.0 Å². The van der Waals surface area contributed by atoms with Crippen molar-refractivity contribution >= 4 is 11.9 Å². The van der Waals surface area contributed by atoms with E-state index >= 15 is 0 Å². The highest BCUT2D eigenvalue weighted by atomic mass is 16.5. The third kappa shape index (κ3) is 4.82. The fourth-order valence-electron chi connectivity index (χ4n) is 2.38. The number of carboxylic acid groups (broad SMARTS) is 1. The van der Waals surface area contributed by atoms with Crippen molar-refractivity contribution in [3.63, 3.8) is 0 Å². The molecule has 0 bridgehead atoms. The summed E-state index contributed by atoms with van der Waals surface area (Å²) in [6.45, 7) is 4.30. The van der Waals surface area contributed by atoms with Crippen LogP contribution in [0.4, 0.5) is 0 Å². The number of hydrogen-bond acceptors (Lipinski definition) is 6. The maximum absolute atomic E-state index is 12.2. The number of rotatable bonds is 5. The molecule has 1 amide bonds. The lowest BCUT2D eigenvalue weighted by Gasteiger charge is -2.20. The molecule has 8 nitrogen and oxygen atoms in total. The van der Waals surface area contributed by atoms with Crippen LogP contribution in [0.3, 0.4) is 0 Å². The summed E-state index contributed by atoms with van der Waals surface area (Å²) in [6, 6.07) is 0. The Hall–Kier alpha value is -1.96. The van der Waals surface area contributed by atoms with E-state index in [4.69, 9.17) is 9.63 Å². The first-order valence-corrected chi connectivity index (χ1v) is 7.05. The van der Waals surface area contributed by atoms with Crippen LogP contribution in [0, 0.1) is 6.92 Å². The predicted octanol–water partition coefficient (Wildman–Crippen LogP) is -0.0705. The number of nitrogens with zero attached hydrogens (tertiary/aromatic N) is 4. The normalized spacial score (nSPS) is 16.7. The van der Waals surface area contributed by atoms with Gasteiger partial charge in [-0.2, -0.15) is 4.98 Å². The molecule has 1 fully saturated rings. The molecule has 1 aliphatic rings. The number of aromatic nitrogens is 2. The zero-order valence-corrected chi connectivity index (χ0v) is 12.1. The lowest BCUT2D eigenvalue weighted by atomic mass is 10.2. The van der Waals surface area contributed by atoms with Crippen molar-refractivity contribution in [3.05, 3.63) is 11.7 Å². The number of carboxylic acids is 1. The predicted molar refractivity (Wildman–Crippen MR) is 72.6 cm³/mol. The minimum Gasteiger partial charge on any atom is -0.480 e. The van der Waals surface area contributed by atoms with Gasteiger partial charge in [0.05, 0.1) is 6.54 Å². The lowest BCUT2D eigenvalue weighted by molar-refractivity contribution is -0.138. The maximum atomic E-state index is 12.2. The first kappa shape index (κ1) is 15.4. The molecule has 0 radical (unpaired) electrons. The van der Waals surface area contributed by atoms with E-state index in [0.717, 1.165) is 6.42 Å². The Morgan fingerprint density at radius 3 is 2.76 bits per heavy atom. The van der Waals surface area contributed by atoms with E-state index in [9.17, 15) is 9.59 Å². The first-order valence-electron chi connectivity index (χ1n) is 7.05. The molecule has 1 N–H and O–H groups in total. The molecule has 2 heterocycles. The van der Waals surface area contributed by atoms with Crippen LogP contribution in [0.5, 0.6) is 0 Å². The number of amides is 1. The van der Waals surface area contributed by atoms with E-state index in [2.05, 4.69) is 10.1 Å². The molecular formula is C13H20N4O4. The Labute approximate surface area is 122 Å². The average molecular weight is 296 g/mol. The van der Waals surface area contributed by atoms with Crippen molar-refractivity contribution in [1.82, 2.24) is 19.9 Å². The third-order valence-electron chi connectivity index (χ3n) is 3.42. The molecule has 8 heteroatoms. The van der Waals surface area contributed by atoms with Crippen molar-refractivity contribution in [2.75, 3.05) is 32.7 Å². The van der Waals surface area contributed by atoms with Crippen molar-refractivity contribution < 1.29 is 19.2 Å². The van der Waals surface area contributed by atoms with E-state index < -0.39 is 5.97 Å². The minimum absolute atomic E-state index is 0.0310. The molecule has 0 atom stereocenters. The van der Waals surface area contributed by atoms with E-state index in [0.29, 0.717) is 50.7 Å². The summed E-state index contributed by atoms with van der Waals surface area (Å²) in [7, 11) is 0. The third-order valence-corrected chi connectivity index (χ3v) is 3.42. The van der Waals surface area contributed by atoms with E-state index in [1.165, 1.54) is 0 Å². The van der Waals surface area contributed by atoms with Crippen LogP contribution in [-0.4, -0.2) is 69.6 Å². The highest BCUT2D eigenvalue weighted by Crippen LogP contribution is 2.07. The summed E-state index contributed by atoms with van der Waals surface area (Å²) in [5.74, 6) is 0.254. The highest BCUT2D eigenvalue weighted by molar-refractivity contribution is 5.76. The van der Waals surface area contributed by atoms with Gasteiger partial charge < -0.3 is 14.5 Å². The highest BCUT2D eigenvalue weighted by Gasteiger charge is 2.20. The van der Waals surface area contributed by atoms with Crippen molar-refractivity contribution in [2.24, 2.45) is 0 Å². The zero-order valence-electron chi connectivity index (χ0n) is 12.1. The molecule has 0 aliphatic carbocycles. The van der Waals surface area contributed by atoms with Gasteiger partial charge in [0.2, 0.25) is 11.8 Å². The van der Waals surface area contributed by atoms with Gasteiger partial charge in [0.15, 0.2) is 5.82 Å². The Balaban J connectivity index is 1.78. The molecule has 0 unspecified atom stereocenters. The van der Waals surface area contributed by atoms with Gasteiger partial charge in [0.25, 0.3) is 0 Å². The van der Waals surface area contributed by atoms with Gasteiger partial charge in [0.1, 0.15) is 0 Å². The van der Waals surface area contributed by atoms with E-state index in [1.54, 1.807) is 11.8 Å². The molecule has 0 saturated carbocycles. The van der Waals surface area contributed by atoms with Gasteiger partial charge in [-0.15, -0.1) is 0 Å². The number of hydrogen-bond donors (Lipinski definition) is 1. The summed E-state index contributed by atoms with van der Waals surface area (Å²) >= 11 is 0. The van der Waals surface area contributed by atoms with Crippen LogP contribution in [-0.2, 0) is 16.0 Å². The summed E-state index contributed by atoms with van der Waals surface area (Å²) < 4.78 is 4.98. The standard InChI is InChI=1S/C13H20N4O4/c1-10-14-11(21-15-10)3-4-12(18)17-6-2-5-16(7-8-17)9-13(19)20/h2-9H2,1H3,(H,19,20). The van der Waals surface area contributed by atoms with Gasteiger partial charge in [-0.1, -0.05) is 5.16 Å². The molecule has 1 saturated heterocycles. The average Bonchev–Trinajstić information content (AvgIpc) is 2.70. The molecule has 2 rings (SSSR count). The largest absolute Gasteiger partial charge is 0.480 e.